The Labute approximate surface area is 140 Å². The maximum absolute atomic E-state index is 13.7. The summed E-state index contributed by atoms with van der Waals surface area (Å²) in [4.78, 5) is 37.9. The van der Waals surface area contributed by atoms with E-state index in [1.54, 1.807) is 19.1 Å². The minimum atomic E-state index is -0.506. The standard InChI is InChI=1S/C18H21FN2O3/c1-11-6-7-14(19)15(10-11)20-16(22)8-9-21-17(23)12-4-2-3-5-13(12)18(21)24/h6-7,10,12-13H,2-5,8-9H2,1H3,(H,20,22)/t12-,13+. The number of carbonyl (C=O) groups is 3. The zero-order chi connectivity index (χ0) is 17.3. The fourth-order valence-electron chi connectivity index (χ4n) is 3.61. The molecule has 0 spiro atoms. The lowest BCUT2D eigenvalue weighted by molar-refractivity contribution is -0.140. The summed E-state index contributed by atoms with van der Waals surface area (Å²) in [6.07, 6.45) is 3.44. The van der Waals surface area contributed by atoms with Crippen LogP contribution >= 0.6 is 0 Å². The third-order valence-electron chi connectivity index (χ3n) is 4.89. The zero-order valence-electron chi connectivity index (χ0n) is 13.7. The molecule has 0 aromatic heterocycles. The summed E-state index contributed by atoms with van der Waals surface area (Å²) < 4.78 is 13.7. The lowest BCUT2D eigenvalue weighted by atomic mass is 9.81. The molecule has 6 heteroatoms. The minimum Gasteiger partial charge on any atom is -0.324 e. The molecule has 2 aliphatic rings. The van der Waals surface area contributed by atoms with Gasteiger partial charge >= 0.3 is 0 Å². The van der Waals surface area contributed by atoms with Crippen molar-refractivity contribution < 1.29 is 18.8 Å². The Morgan fingerprint density at radius 3 is 2.46 bits per heavy atom. The van der Waals surface area contributed by atoms with E-state index in [-0.39, 0.29) is 42.3 Å². The van der Waals surface area contributed by atoms with E-state index < -0.39 is 11.7 Å². The van der Waals surface area contributed by atoms with Gasteiger partial charge in [0, 0.05) is 13.0 Å². The molecule has 3 rings (SSSR count). The van der Waals surface area contributed by atoms with Gasteiger partial charge in [-0.1, -0.05) is 18.9 Å². The molecule has 1 aliphatic heterocycles. The van der Waals surface area contributed by atoms with E-state index in [2.05, 4.69) is 5.32 Å². The second kappa shape index (κ2) is 6.71. The number of likely N-dealkylation sites (tertiary alicyclic amines) is 1. The first kappa shape index (κ1) is 16.6. The van der Waals surface area contributed by atoms with Gasteiger partial charge in [0.1, 0.15) is 5.82 Å². The van der Waals surface area contributed by atoms with E-state index in [0.717, 1.165) is 31.2 Å². The van der Waals surface area contributed by atoms with Crippen molar-refractivity contribution in [2.45, 2.75) is 39.0 Å². The minimum absolute atomic E-state index is 0.0235. The molecule has 1 saturated heterocycles. The quantitative estimate of drug-likeness (QED) is 0.862. The third-order valence-corrected chi connectivity index (χ3v) is 4.89. The first-order chi connectivity index (χ1) is 11.5. The highest BCUT2D eigenvalue weighted by molar-refractivity contribution is 6.05. The number of nitrogens with one attached hydrogen (secondary N) is 1. The lowest BCUT2D eigenvalue weighted by Crippen LogP contribution is -2.34. The normalized spacial score (nSPS) is 23.3. The van der Waals surface area contributed by atoms with Gasteiger partial charge in [0.25, 0.3) is 0 Å². The number of halogens is 1. The van der Waals surface area contributed by atoms with Gasteiger partial charge in [-0.3, -0.25) is 19.3 Å². The molecule has 0 unspecified atom stereocenters. The molecule has 3 amide bonds. The SMILES string of the molecule is Cc1ccc(F)c(NC(=O)CCN2C(=O)[C@H]3CCCC[C@H]3C2=O)c1. The summed E-state index contributed by atoms with van der Waals surface area (Å²) in [7, 11) is 0. The van der Waals surface area contributed by atoms with Crippen LogP contribution in [0.25, 0.3) is 0 Å². The van der Waals surface area contributed by atoms with Crippen LogP contribution < -0.4 is 5.32 Å². The third kappa shape index (κ3) is 3.18. The molecule has 1 aromatic carbocycles. The van der Waals surface area contributed by atoms with Crippen LogP contribution in [0.4, 0.5) is 10.1 Å². The van der Waals surface area contributed by atoms with Crippen LogP contribution in [-0.4, -0.2) is 29.2 Å². The number of aryl methyl sites for hydroxylation is 1. The molecule has 24 heavy (non-hydrogen) atoms. The highest BCUT2D eigenvalue weighted by Crippen LogP contribution is 2.37. The number of fused-ring (bicyclic) bond motifs is 1. The topological polar surface area (TPSA) is 66.5 Å². The Hall–Kier alpha value is -2.24. The van der Waals surface area contributed by atoms with Crippen LogP contribution in [-0.2, 0) is 14.4 Å². The second-order valence-electron chi connectivity index (χ2n) is 6.61. The first-order valence-electron chi connectivity index (χ1n) is 8.38. The van der Waals surface area contributed by atoms with Crippen LogP contribution in [0.15, 0.2) is 18.2 Å². The van der Waals surface area contributed by atoms with Crippen LogP contribution in [0.1, 0.15) is 37.7 Å². The molecule has 2 fully saturated rings. The molecule has 5 nitrogen and oxygen atoms in total. The number of hydrogen-bond acceptors (Lipinski definition) is 3. The van der Waals surface area contributed by atoms with E-state index in [0.29, 0.717) is 0 Å². The van der Waals surface area contributed by atoms with Gasteiger partial charge in [0.05, 0.1) is 17.5 Å². The fourth-order valence-corrected chi connectivity index (χ4v) is 3.61. The maximum Gasteiger partial charge on any atom is 0.233 e. The monoisotopic (exact) mass is 332 g/mol. The number of benzene rings is 1. The molecule has 0 bridgehead atoms. The number of amides is 3. The lowest BCUT2D eigenvalue weighted by Gasteiger charge is -2.19. The Kier molecular flexibility index (Phi) is 4.64. The van der Waals surface area contributed by atoms with Crippen molar-refractivity contribution in [3.63, 3.8) is 0 Å². The van der Waals surface area contributed by atoms with Gasteiger partial charge < -0.3 is 5.32 Å². The first-order valence-corrected chi connectivity index (χ1v) is 8.38. The van der Waals surface area contributed by atoms with E-state index in [9.17, 15) is 18.8 Å². The average molecular weight is 332 g/mol. The summed E-state index contributed by atoms with van der Waals surface area (Å²) in [5.74, 6) is -1.63. The Morgan fingerprint density at radius 1 is 1.21 bits per heavy atom. The van der Waals surface area contributed by atoms with Crippen molar-refractivity contribution in [2.75, 3.05) is 11.9 Å². The summed E-state index contributed by atoms with van der Waals surface area (Å²) in [5, 5.41) is 2.50. The number of carbonyl (C=O) groups excluding carboxylic acids is 3. The van der Waals surface area contributed by atoms with Crippen molar-refractivity contribution in [3.8, 4) is 0 Å². The van der Waals surface area contributed by atoms with Crippen molar-refractivity contribution in [1.29, 1.82) is 0 Å². The molecule has 128 valence electrons. The van der Waals surface area contributed by atoms with Gasteiger partial charge in [0.15, 0.2) is 0 Å². The molecular formula is C18H21FN2O3. The molecule has 1 aromatic rings. The van der Waals surface area contributed by atoms with E-state index in [4.69, 9.17) is 0 Å². The van der Waals surface area contributed by atoms with E-state index >= 15 is 0 Å². The van der Waals surface area contributed by atoms with Crippen LogP contribution in [0, 0.1) is 24.6 Å². The van der Waals surface area contributed by atoms with Gasteiger partial charge in [-0.05, 0) is 37.5 Å². The van der Waals surface area contributed by atoms with Crippen molar-refractivity contribution in [2.24, 2.45) is 11.8 Å². The number of nitrogens with zero attached hydrogens (tertiary/aromatic N) is 1. The summed E-state index contributed by atoms with van der Waals surface area (Å²) in [6.45, 7) is 1.86. The van der Waals surface area contributed by atoms with Gasteiger partial charge in [-0.15, -0.1) is 0 Å². The summed E-state index contributed by atoms with van der Waals surface area (Å²) >= 11 is 0. The largest absolute Gasteiger partial charge is 0.324 e. The Balaban J connectivity index is 1.59. The number of anilines is 1. The molecule has 1 aliphatic carbocycles. The number of hydrogen-bond donors (Lipinski definition) is 1. The van der Waals surface area contributed by atoms with Crippen molar-refractivity contribution >= 4 is 23.4 Å². The Bertz CT molecular complexity index is 665. The Morgan fingerprint density at radius 2 is 1.83 bits per heavy atom. The summed E-state index contributed by atoms with van der Waals surface area (Å²) in [5.41, 5.74) is 0.952. The predicted molar refractivity (Wildman–Crippen MR) is 86.6 cm³/mol. The van der Waals surface area contributed by atoms with Gasteiger partial charge in [-0.25, -0.2) is 4.39 Å². The van der Waals surface area contributed by atoms with Crippen LogP contribution in [0.3, 0.4) is 0 Å². The number of rotatable bonds is 4. The van der Waals surface area contributed by atoms with Crippen LogP contribution in [0.2, 0.25) is 0 Å². The van der Waals surface area contributed by atoms with E-state index in [1.165, 1.54) is 11.0 Å². The molecule has 1 heterocycles. The number of imide groups is 1. The molecule has 1 N–H and O–H groups in total. The zero-order valence-corrected chi connectivity index (χ0v) is 13.7. The predicted octanol–water partition coefficient (Wildman–Crippen LogP) is 2.64. The molecule has 2 atom stereocenters. The molecule has 0 radical (unpaired) electrons. The van der Waals surface area contributed by atoms with Gasteiger partial charge in [0.2, 0.25) is 17.7 Å². The fraction of sp³-hybridized carbons (Fsp3) is 0.500. The highest BCUT2D eigenvalue weighted by atomic mass is 19.1. The maximum atomic E-state index is 13.7. The van der Waals surface area contributed by atoms with Crippen LogP contribution in [0.5, 0.6) is 0 Å². The van der Waals surface area contributed by atoms with E-state index in [1.807, 2.05) is 0 Å². The molecule has 1 saturated carbocycles. The highest BCUT2D eigenvalue weighted by Gasteiger charge is 2.47. The van der Waals surface area contributed by atoms with Gasteiger partial charge in [-0.2, -0.15) is 0 Å². The van der Waals surface area contributed by atoms with Crippen molar-refractivity contribution in [1.82, 2.24) is 4.90 Å². The second-order valence-corrected chi connectivity index (χ2v) is 6.61. The smallest absolute Gasteiger partial charge is 0.233 e. The molecular weight excluding hydrogens is 311 g/mol. The van der Waals surface area contributed by atoms with Crippen molar-refractivity contribution in [3.05, 3.63) is 29.6 Å². The summed E-state index contributed by atoms with van der Waals surface area (Å²) in [6, 6.07) is 4.46. The average Bonchev–Trinajstić information content (AvgIpc) is 2.81.